The van der Waals surface area contributed by atoms with Crippen molar-refractivity contribution in [1.82, 2.24) is 9.88 Å². The Bertz CT molecular complexity index is 320. The van der Waals surface area contributed by atoms with E-state index in [1.807, 2.05) is 11.6 Å². The van der Waals surface area contributed by atoms with Crippen LogP contribution in [0.3, 0.4) is 0 Å². The lowest BCUT2D eigenvalue weighted by Gasteiger charge is -2.22. The number of thiazole rings is 1. The molecule has 3 nitrogen and oxygen atoms in total. The summed E-state index contributed by atoms with van der Waals surface area (Å²) < 4.78 is 0. The van der Waals surface area contributed by atoms with Gasteiger partial charge in [0.1, 0.15) is 5.01 Å². The fourth-order valence-electron chi connectivity index (χ4n) is 2.26. The summed E-state index contributed by atoms with van der Waals surface area (Å²) in [5.74, 6) is 0. The third-order valence-corrected chi connectivity index (χ3v) is 4.24. The van der Waals surface area contributed by atoms with Crippen molar-refractivity contribution < 1.29 is 0 Å². The Kier molecular flexibility index (Phi) is 1.90. The highest BCUT2D eigenvalue weighted by Gasteiger charge is 2.43. The van der Waals surface area contributed by atoms with E-state index in [1.165, 1.54) is 12.8 Å². The van der Waals surface area contributed by atoms with E-state index in [0.717, 1.165) is 30.6 Å². The van der Waals surface area contributed by atoms with Gasteiger partial charge in [0.25, 0.3) is 0 Å². The van der Waals surface area contributed by atoms with Crippen molar-refractivity contribution in [2.45, 2.75) is 30.8 Å². The first-order valence-corrected chi connectivity index (χ1v) is 6.09. The van der Waals surface area contributed by atoms with E-state index >= 15 is 0 Å². The Balaban J connectivity index is 1.78. The van der Waals surface area contributed by atoms with Gasteiger partial charge in [-0.2, -0.15) is 0 Å². The topological polar surface area (TPSA) is 42.1 Å². The summed E-state index contributed by atoms with van der Waals surface area (Å²) in [5.41, 5.74) is 6.23. The van der Waals surface area contributed by atoms with E-state index in [4.69, 9.17) is 5.73 Å². The Morgan fingerprint density at radius 2 is 2.43 bits per heavy atom. The number of nitrogens with two attached hydrogens (primary N) is 1. The molecular weight excluding hydrogens is 194 g/mol. The van der Waals surface area contributed by atoms with Crippen molar-refractivity contribution in [3.63, 3.8) is 0 Å². The van der Waals surface area contributed by atoms with Crippen LogP contribution in [0.2, 0.25) is 0 Å². The number of likely N-dealkylation sites (tertiary alicyclic amines) is 1. The fourth-order valence-corrected chi connectivity index (χ4v) is 3.03. The van der Waals surface area contributed by atoms with Gasteiger partial charge in [0.15, 0.2) is 0 Å². The molecule has 1 saturated heterocycles. The SMILES string of the molecule is NC1(c2nccs2)CCN(C2CC2)C1. The Morgan fingerprint density at radius 3 is 3.07 bits per heavy atom. The summed E-state index contributed by atoms with van der Waals surface area (Å²) in [6.07, 6.45) is 5.66. The minimum atomic E-state index is -0.156. The lowest BCUT2D eigenvalue weighted by Crippen LogP contribution is -2.40. The van der Waals surface area contributed by atoms with E-state index < -0.39 is 0 Å². The average Bonchev–Trinajstić information content (AvgIpc) is 2.74. The molecule has 4 heteroatoms. The molecule has 76 valence electrons. The van der Waals surface area contributed by atoms with Crippen molar-refractivity contribution in [3.8, 4) is 0 Å². The van der Waals surface area contributed by atoms with Gasteiger partial charge in [-0.15, -0.1) is 11.3 Å². The maximum absolute atomic E-state index is 6.39. The van der Waals surface area contributed by atoms with Crippen LogP contribution in [-0.4, -0.2) is 29.0 Å². The number of rotatable bonds is 2. The van der Waals surface area contributed by atoms with Crippen molar-refractivity contribution >= 4 is 11.3 Å². The molecule has 2 fully saturated rings. The van der Waals surface area contributed by atoms with Gasteiger partial charge in [-0.3, -0.25) is 4.90 Å². The van der Waals surface area contributed by atoms with Crippen LogP contribution in [0.15, 0.2) is 11.6 Å². The molecule has 1 unspecified atom stereocenters. The molecule has 1 aliphatic heterocycles. The number of aromatic nitrogens is 1. The van der Waals surface area contributed by atoms with Gasteiger partial charge >= 0.3 is 0 Å². The summed E-state index contributed by atoms with van der Waals surface area (Å²) in [4.78, 5) is 6.88. The van der Waals surface area contributed by atoms with Crippen LogP contribution in [0.25, 0.3) is 0 Å². The van der Waals surface area contributed by atoms with Crippen LogP contribution in [0.4, 0.5) is 0 Å². The molecule has 1 saturated carbocycles. The molecule has 14 heavy (non-hydrogen) atoms. The molecule has 0 bridgehead atoms. The van der Waals surface area contributed by atoms with E-state index in [0.29, 0.717) is 0 Å². The molecule has 1 aliphatic carbocycles. The lowest BCUT2D eigenvalue weighted by atomic mass is 10.0. The Morgan fingerprint density at radius 1 is 1.57 bits per heavy atom. The van der Waals surface area contributed by atoms with E-state index in [-0.39, 0.29) is 5.54 Å². The molecule has 1 atom stereocenters. The minimum Gasteiger partial charge on any atom is -0.318 e. The predicted molar refractivity (Wildman–Crippen MR) is 57.2 cm³/mol. The van der Waals surface area contributed by atoms with Gasteiger partial charge in [-0.25, -0.2) is 4.98 Å². The maximum atomic E-state index is 6.39. The highest BCUT2D eigenvalue weighted by atomic mass is 32.1. The van der Waals surface area contributed by atoms with Gasteiger partial charge in [-0.1, -0.05) is 0 Å². The second-order valence-corrected chi connectivity index (χ2v) is 5.34. The zero-order valence-electron chi connectivity index (χ0n) is 8.15. The van der Waals surface area contributed by atoms with Crippen LogP contribution in [-0.2, 0) is 5.54 Å². The van der Waals surface area contributed by atoms with E-state index in [9.17, 15) is 0 Å². The molecule has 2 N–H and O–H groups in total. The third kappa shape index (κ3) is 1.38. The van der Waals surface area contributed by atoms with Crippen LogP contribution >= 0.6 is 11.3 Å². The molecule has 2 heterocycles. The Labute approximate surface area is 87.9 Å². The smallest absolute Gasteiger partial charge is 0.114 e. The number of hydrogen-bond donors (Lipinski definition) is 1. The summed E-state index contributed by atoms with van der Waals surface area (Å²) in [7, 11) is 0. The number of hydrogen-bond acceptors (Lipinski definition) is 4. The molecule has 2 aliphatic rings. The molecular formula is C10H15N3S. The third-order valence-electron chi connectivity index (χ3n) is 3.25. The fraction of sp³-hybridized carbons (Fsp3) is 0.700. The zero-order valence-corrected chi connectivity index (χ0v) is 8.96. The first-order valence-electron chi connectivity index (χ1n) is 5.21. The standard InChI is InChI=1S/C10H15N3S/c11-10(9-12-4-6-14-9)3-5-13(7-10)8-1-2-8/h4,6,8H,1-3,5,7,11H2. The highest BCUT2D eigenvalue weighted by Crippen LogP contribution is 2.37. The molecule has 0 radical (unpaired) electrons. The first kappa shape index (κ1) is 8.83. The summed E-state index contributed by atoms with van der Waals surface area (Å²) in [5, 5.41) is 3.13. The van der Waals surface area contributed by atoms with E-state index in [1.54, 1.807) is 11.3 Å². The normalized spacial score (nSPS) is 33.8. The lowest BCUT2D eigenvalue weighted by molar-refractivity contribution is 0.302. The van der Waals surface area contributed by atoms with Crippen molar-refractivity contribution in [2.24, 2.45) is 5.73 Å². The molecule has 0 amide bonds. The van der Waals surface area contributed by atoms with Crippen molar-refractivity contribution in [1.29, 1.82) is 0 Å². The summed E-state index contributed by atoms with van der Waals surface area (Å²) >= 11 is 1.69. The van der Waals surface area contributed by atoms with Crippen molar-refractivity contribution in [2.75, 3.05) is 13.1 Å². The van der Waals surface area contributed by atoms with Gasteiger partial charge in [0, 0.05) is 30.7 Å². The number of nitrogens with zero attached hydrogens (tertiary/aromatic N) is 2. The predicted octanol–water partition coefficient (Wildman–Crippen LogP) is 1.17. The van der Waals surface area contributed by atoms with Crippen LogP contribution in [0.1, 0.15) is 24.3 Å². The monoisotopic (exact) mass is 209 g/mol. The molecule has 0 aromatic carbocycles. The largest absolute Gasteiger partial charge is 0.318 e. The summed E-state index contributed by atoms with van der Waals surface area (Å²) in [6.45, 7) is 2.16. The quantitative estimate of drug-likeness (QED) is 0.795. The molecule has 1 aromatic heterocycles. The minimum absolute atomic E-state index is 0.156. The van der Waals surface area contributed by atoms with Gasteiger partial charge in [0.05, 0.1) is 5.54 Å². The van der Waals surface area contributed by atoms with Crippen LogP contribution < -0.4 is 5.73 Å². The second kappa shape index (κ2) is 3.02. The van der Waals surface area contributed by atoms with Crippen molar-refractivity contribution in [3.05, 3.63) is 16.6 Å². The van der Waals surface area contributed by atoms with E-state index in [2.05, 4.69) is 9.88 Å². The highest BCUT2D eigenvalue weighted by molar-refractivity contribution is 7.09. The first-order chi connectivity index (χ1) is 6.78. The maximum Gasteiger partial charge on any atom is 0.114 e. The van der Waals surface area contributed by atoms with Gasteiger partial charge in [0.2, 0.25) is 0 Å². The summed E-state index contributed by atoms with van der Waals surface area (Å²) in [6, 6.07) is 0.834. The van der Waals surface area contributed by atoms with Crippen LogP contribution in [0, 0.1) is 0 Å². The Hall–Kier alpha value is -0.450. The second-order valence-electron chi connectivity index (χ2n) is 4.45. The van der Waals surface area contributed by atoms with Gasteiger partial charge < -0.3 is 5.73 Å². The average molecular weight is 209 g/mol. The zero-order chi connectivity index (χ0) is 9.60. The van der Waals surface area contributed by atoms with Crippen LogP contribution in [0.5, 0.6) is 0 Å². The van der Waals surface area contributed by atoms with Gasteiger partial charge in [-0.05, 0) is 19.3 Å². The molecule has 0 spiro atoms. The molecule has 3 rings (SSSR count). The molecule has 1 aromatic rings.